The minimum absolute atomic E-state index is 0.00737. The molecule has 0 heterocycles. The van der Waals surface area contributed by atoms with E-state index in [0.29, 0.717) is 5.56 Å². The van der Waals surface area contributed by atoms with Gasteiger partial charge in [-0.2, -0.15) is 0 Å². The lowest BCUT2D eigenvalue weighted by Gasteiger charge is -2.14. The fourth-order valence-corrected chi connectivity index (χ4v) is 1.41. The molecular weight excluding hydrogens is 250 g/mol. The number of nitrogens with two attached hydrogens (primary N) is 1. The number of carboxylic acid groups (broad SMARTS) is 1. The first-order valence-corrected chi connectivity index (χ1v) is 4.66. The second-order valence-electron chi connectivity index (χ2n) is 2.64. The van der Waals surface area contributed by atoms with Crippen LogP contribution >= 0.6 is 15.9 Å². The van der Waals surface area contributed by atoms with E-state index in [2.05, 4.69) is 15.9 Å². The highest BCUT2D eigenvalue weighted by atomic mass is 79.9. The molecule has 0 aliphatic carbocycles. The maximum atomic E-state index is 11.0. The molecule has 1 aromatic carbocycles. The standard InChI is InChI=1S/C9H10BrNO3/c10-7(8(11)9(13)14)5-1-3-6(12)4-2-5/h1-4,7-8,12H,11H2,(H,13,14)/t7?,8-/m0/s1/i8D/hD2. The Hall–Kier alpha value is -1.07. The van der Waals surface area contributed by atoms with Crippen LogP contribution in [-0.4, -0.2) is 22.2 Å². The van der Waals surface area contributed by atoms with E-state index >= 15 is 0 Å². The number of halogens is 1. The SMILES string of the molecule is [2H]N([2H])[C@]([2H])(C(=O)O)C(Br)c1ccc(O)cc1. The number of benzene rings is 1. The van der Waals surface area contributed by atoms with Crippen LogP contribution in [0.25, 0.3) is 0 Å². The fourth-order valence-electron chi connectivity index (χ4n) is 0.910. The largest absolute Gasteiger partial charge is 0.508 e. The number of rotatable bonds is 4. The number of aromatic hydroxyl groups is 1. The van der Waals surface area contributed by atoms with Crippen LogP contribution in [0.15, 0.2) is 24.3 Å². The molecule has 0 aliphatic rings. The number of carbonyl (C=O) groups is 1. The van der Waals surface area contributed by atoms with E-state index in [1.807, 2.05) is 0 Å². The fraction of sp³-hybridized carbons (Fsp3) is 0.222. The van der Waals surface area contributed by atoms with Crippen molar-refractivity contribution in [2.75, 3.05) is 0 Å². The van der Waals surface area contributed by atoms with Crippen molar-refractivity contribution in [1.82, 2.24) is 0 Å². The van der Waals surface area contributed by atoms with Crippen molar-refractivity contribution < 1.29 is 19.2 Å². The number of alkyl halides is 1. The number of aliphatic carboxylic acids is 1. The summed E-state index contributed by atoms with van der Waals surface area (Å²) in [5.41, 5.74) is 0.200. The number of carboxylic acids is 1. The molecule has 0 spiro atoms. The predicted octanol–water partition coefficient (Wildman–Crippen LogP) is 1.24. The van der Waals surface area contributed by atoms with Gasteiger partial charge in [-0.3, -0.25) is 4.79 Å². The van der Waals surface area contributed by atoms with Crippen molar-refractivity contribution in [3.8, 4) is 5.75 Å². The van der Waals surface area contributed by atoms with Crippen molar-refractivity contribution in [3.63, 3.8) is 0 Å². The smallest absolute Gasteiger partial charge is 0.321 e. The van der Waals surface area contributed by atoms with Gasteiger partial charge >= 0.3 is 5.97 Å². The number of phenolic OH excluding ortho intramolecular Hbond substituents is 1. The van der Waals surface area contributed by atoms with Crippen molar-refractivity contribution in [2.24, 2.45) is 5.72 Å². The van der Waals surface area contributed by atoms with Crippen LogP contribution in [0.1, 0.15) is 11.8 Å². The van der Waals surface area contributed by atoms with E-state index in [0.717, 1.165) is 0 Å². The molecular formula is C9H10BrNO3. The quantitative estimate of drug-likeness (QED) is 0.713. The zero-order valence-corrected chi connectivity index (χ0v) is 8.60. The average molecular weight is 263 g/mol. The Labute approximate surface area is 93.8 Å². The minimum Gasteiger partial charge on any atom is -0.508 e. The summed E-state index contributed by atoms with van der Waals surface area (Å²) in [6.45, 7) is 0. The van der Waals surface area contributed by atoms with E-state index in [4.69, 9.17) is 14.4 Å². The van der Waals surface area contributed by atoms with Crippen LogP contribution in [0.2, 0.25) is 2.82 Å². The van der Waals surface area contributed by atoms with Gasteiger partial charge in [0.25, 0.3) is 0 Å². The summed E-state index contributed by atoms with van der Waals surface area (Å²) in [6, 6.07) is 3.04. The van der Waals surface area contributed by atoms with Crippen LogP contribution in [0.4, 0.5) is 0 Å². The van der Waals surface area contributed by atoms with Gasteiger partial charge in [0.2, 0.25) is 0 Å². The Kier molecular flexibility index (Phi) is 2.30. The molecule has 4 nitrogen and oxygen atoms in total. The van der Waals surface area contributed by atoms with Gasteiger partial charge in [-0.05, 0) is 17.7 Å². The molecule has 0 aliphatic heterocycles. The zero-order chi connectivity index (χ0) is 13.2. The molecule has 0 fully saturated rings. The molecule has 76 valence electrons. The average Bonchev–Trinajstić information content (AvgIpc) is 2.27. The van der Waals surface area contributed by atoms with Crippen LogP contribution in [0.5, 0.6) is 5.75 Å². The highest BCUT2D eigenvalue weighted by Crippen LogP contribution is 2.26. The monoisotopic (exact) mass is 262 g/mol. The first kappa shape index (κ1) is 7.25. The molecule has 0 saturated heterocycles. The Morgan fingerprint density at radius 3 is 2.57 bits per heavy atom. The highest BCUT2D eigenvalue weighted by Gasteiger charge is 2.22. The highest BCUT2D eigenvalue weighted by molar-refractivity contribution is 9.09. The maximum Gasteiger partial charge on any atom is 0.321 e. The Morgan fingerprint density at radius 2 is 2.14 bits per heavy atom. The third-order valence-electron chi connectivity index (χ3n) is 1.64. The van der Waals surface area contributed by atoms with Gasteiger partial charge in [-0.15, -0.1) is 0 Å². The summed E-state index contributed by atoms with van der Waals surface area (Å²) in [4.78, 5) is 9.92. The van der Waals surface area contributed by atoms with Gasteiger partial charge in [-0.1, -0.05) is 28.1 Å². The molecule has 0 aromatic heterocycles. The predicted molar refractivity (Wildman–Crippen MR) is 55.4 cm³/mol. The van der Waals surface area contributed by atoms with E-state index in [-0.39, 0.29) is 11.5 Å². The van der Waals surface area contributed by atoms with E-state index in [9.17, 15) is 4.79 Å². The molecule has 0 saturated carbocycles. The third-order valence-corrected chi connectivity index (χ3v) is 2.61. The first-order chi connectivity index (χ1) is 7.80. The molecule has 0 amide bonds. The third kappa shape index (κ3) is 2.46. The van der Waals surface area contributed by atoms with Gasteiger partial charge in [0, 0.05) is 0 Å². The summed E-state index contributed by atoms with van der Waals surface area (Å²) in [7, 11) is 0. The summed E-state index contributed by atoms with van der Waals surface area (Å²) in [6.07, 6.45) is 0. The molecule has 1 aromatic rings. The normalized spacial score (nSPS) is 20.3. The second-order valence-corrected chi connectivity index (χ2v) is 3.56. The molecule has 5 heteroatoms. The molecule has 2 atom stereocenters. The molecule has 1 rings (SSSR count). The number of hydrogen-bond donors (Lipinski definition) is 3. The number of phenols is 1. The van der Waals surface area contributed by atoms with Crippen molar-refractivity contribution in [3.05, 3.63) is 29.8 Å². The Balaban J connectivity index is 3.13. The molecule has 4 N–H and O–H groups in total. The van der Waals surface area contributed by atoms with Crippen molar-refractivity contribution >= 4 is 21.9 Å². The second kappa shape index (κ2) is 4.43. The lowest BCUT2D eigenvalue weighted by molar-refractivity contribution is -0.138. The van der Waals surface area contributed by atoms with E-state index < -0.39 is 16.8 Å². The van der Waals surface area contributed by atoms with Crippen LogP contribution in [0, 0.1) is 0 Å². The van der Waals surface area contributed by atoms with E-state index in [1.54, 1.807) is 0 Å². The molecule has 0 bridgehead atoms. The summed E-state index contributed by atoms with van der Waals surface area (Å²) in [5.74, 6) is -1.61. The van der Waals surface area contributed by atoms with Crippen molar-refractivity contribution in [2.45, 2.75) is 10.8 Å². The van der Waals surface area contributed by atoms with Gasteiger partial charge < -0.3 is 15.9 Å². The van der Waals surface area contributed by atoms with E-state index in [1.165, 1.54) is 24.3 Å². The van der Waals surface area contributed by atoms with Gasteiger partial charge in [0.1, 0.15) is 14.6 Å². The topological polar surface area (TPSA) is 83.6 Å². The van der Waals surface area contributed by atoms with Gasteiger partial charge in [0.05, 0.1) is 6.20 Å². The minimum atomic E-state index is -2.48. The summed E-state index contributed by atoms with van der Waals surface area (Å²) >= 11 is 3.00. The summed E-state index contributed by atoms with van der Waals surface area (Å²) < 4.78 is 21.7. The van der Waals surface area contributed by atoms with Crippen LogP contribution in [0.3, 0.4) is 0 Å². The number of hydrogen-bond acceptors (Lipinski definition) is 3. The summed E-state index contributed by atoms with van der Waals surface area (Å²) in [5, 5.41) is 18.0. The maximum absolute atomic E-state index is 11.0. The van der Waals surface area contributed by atoms with Gasteiger partial charge in [0.15, 0.2) is 0 Å². The van der Waals surface area contributed by atoms with Gasteiger partial charge in [-0.25, -0.2) is 0 Å². The van der Waals surface area contributed by atoms with Crippen molar-refractivity contribution in [1.29, 1.82) is 0 Å². The first-order valence-electron chi connectivity index (χ1n) is 5.14. The molecule has 1 unspecified atom stereocenters. The van der Waals surface area contributed by atoms with Crippen LogP contribution in [-0.2, 0) is 4.79 Å². The Morgan fingerprint density at radius 1 is 1.57 bits per heavy atom. The Bertz CT molecular complexity index is 414. The molecule has 0 radical (unpaired) electrons. The lowest BCUT2D eigenvalue weighted by Crippen LogP contribution is -2.33. The molecule has 14 heavy (non-hydrogen) atoms. The van der Waals surface area contributed by atoms with Crippen LogP contribution < -0.4 is 5.72 Å². The zero-order valence-electron chi connectivity index (χ0n) is 10.0. The lowest BCUT2D eigenvalue weighted by atomic mass is 10.1.